The van der Waals surface area contributed by atoms with E-state index >= 15 is 0 Å². The van der Waals surface area contributed by atoms with Gasteiger partial charge in [0.05, 0.1) is 12.0 Å². The number of hydrogen-bond acceptors (Lipinski definition) is 5. The molecular weight excluding hydrogens is 246 g/mol. The lowest BCUT2D eigenvalue weighted by molar-refractivity contribution is -0.384. The van der Waals surface area contributed by atoms with E-state index in [0.717, 1.165) is 31.6 Å². The van der Waals surface area contributed by atoms with Crippen LogP contribution >= 0.6 is 0 Å². The van der Waals surface area contributed by atoms with Crippen LogP contribution in [-0.4, -0.2) is 23.1 Å². The first-order chi connectivity index (χ1) is 9.10. The predicted molar refractivity (Wildman–Crippen MR) is 72.5 cm³/mol. The summed E-state index contributed by atoms with van der Waals surface area (Å²) in [6.45, 7) is 2.24. The highest BCUT2D eigenvalue weighted by Crippen LogP contribution is 2.30. The van der Waals surface area contributed by atoms with Crippen LogP contribution < -0.4 is 10.1 Å². The molecular formula is C13H19N3O3. The van der Waals surface area contributed by atoms with Gasteiger partial charge in [-0.25, -0.2) is 0 Å². The Hall–Kier alpha value is -1.85. The molecule has 1 fully saturated rings. The normalized spacial score (nSPS) is 22.8. The summed E-state index contributed by atoms with van der Waals surface area (Å²) in [6.07, 6.45) is 4.35. The number of rotatable bonds is 4. The second-order valence-electron chi connectivity index (χ2n) is 5.08. The third-order valence-corrected chi connectivity index (χ3v) is 3.61. The smallest absolute Gasteiger partial charge is 0.311 e. The zero-order chi connectivity index (χ0) is 13.8. The average molecular weight is 265 g/mol. The maximum Gasteiger partial charge on any atom is 0.311 e. The molecule has 2 rings (SSSR count). The van der Waals surface area contributed by atoms with E-state index in [1.54, 1.807) is 0 Å². The van der Waals surface area contributed by atoms with Gasteiger partial charge in [0, 0.05) is 18.2 Å². The van der Waals surface area contributed by atoms with Crippen LogP contribution in [0.5, 0.6) is 5.88 Å². The monoisotopic (exact) mass is 265 g/mol. The Bertz CT molecular complexity index is 456. The summed E-state index contributed by atoms with van der Waals surface area (Å²) in [5.41, 5.74) is -0.000535. The minimum atomic E-state index is -0.416. The molecule has 0 amide bonds. The van der Waals surface area contributed by atoms with Gasteiger partial charge in [-0.1, -0.05) is 6.92 Å². The number of nitrogens with one attached hydrogen (secondary N) is 1. The SMILES string of the molecule is COc1ccc([N+](=O)[O-])c(NC2CCC(C)CC2)n1. The highest BCUT2D eigenvalue weighted by Gasteiger charge is 2.23. The lowest BCUT2D eigenvalue weighted by atomic mass is 9.87. The molecule has 0 saturated heterocycles. The van der Waals surface area contributed by atoms with Crippen LogP contribution in [0.1, 0.15) is 32.6 Å². The van der Waals surface area contributed by atoms with E-state index in [1.807, 2.05) is 0 Å². The van der Waals surface area contributed by atoms with Crippen molar-refractivity contribution in [2.75, 3.05) is 12.4 Å². The Kier molecular flexibility index (Phi) is 4.19. The largest absolute Gasteiger partial charge is 0.481 e. The van der Waals surface area contributed by atoms with Crippen molar-refractivity contribution in [1.82, 2.24) is 4.98 Å². The molecule has 0 radical (unpaired) electrons. The molecule has 1 aliphatic rings. The number of nitro groups is 1. The van der Waals surface area contributed by atoms with Gasteiger partial charge in [0.2, 0.25) is 11.7 Å². The van der Waals surface area contributed by atoms with E-state index < -0.39 is 4.92 Å². The van der Waals surface area contributed by atoms with Gasteiger partial charge in [-0.05, 0) is 31.6 Å². The molecule has 104 valence electrons. The Morgan fingerprint density at radius 3 is 2.63 bits per heavy atom. The summed E-state index contributed by atoms with van der Waals surface area (Å²) in [4.78, 5) is 14.7. The van der Waals surface area contributed by atoms with Gasteiger partial charge in [-0.2, -0.15) is 4.98 Å². The molecule has 0 atom stereocenters. The zero-order valence-electron chi connectivity index (χ0n) is 11.3. The van der Waals surface area contributed by atoms with Gasteiger partial charge in [0.15, 0.2) is 0 Å². The second-order valence-corrected chi connectivity index (χ2v) is 5.08. The highest BCUT2D eigenvalue weighted by atomic mass is 16.6. The van der Waals surface area contributed by atoms with Crippen LogP contribution in [-0.2, 0) is 0 Å². The minimum absolute atomic E-state index is 0.000535. The summed E-state index contributed by atoms with van der Waals surface area (Å²) in [7, 11) is 1.50. The van der Waals surface area contributed by atoms with Crippen molar-refractivity contribution in [2.24, 2.45) is 5.92 Å². The van der Waals surface area contributed by atoms with Gasteiger partial charge in [-0.3, -0.25) is 10.1 Å². The third kappa shape index (κ3) is 3.33. The summed E-state index contributed by atoms with van der Waals surface area (Å²) in [5.74, 6) is 1.44. The number of pyridine rings is 1. The molecule has 1 heterocycles. The van der Waals surface area contributed by atoms with Gasteiger partial charge in [0.25, 0.3) is 0 Å². The molecule has 1 saturated carbocycles. The fraction of sp³-hybridized carbons (Fsp3) is 0.615. The first kappa shape index (κ1) is 13.6. The Labute approximate surface area is 112 Å². The first-order valence-corrected chi connectivity index (χ1v) is 6.56. The third-order valence-electron chi connectivity index (χ3n) is 3.61. The zero-order valence-corrected chi connectivity index (χ0v) is 11.3. The minimum Gasteiger partial charge on any atom is -0.481 e. The van der Waals surface area contributed by atoms with Gasteiger partial charge in [-0.15, -0.1) is 0 Å². The van der Waals surface area contributed by atoms with E-state index in [4.69, 9.17) is 4.74 Å². The fourth-order valence-corrected chi connectivity index (χ4v) is 2.40. The molecule has 6 nitrogen and oxygen atoms in total. The molecule has 0 aromatic carbocycles. The van der Waals surface area contributed by atoms with Crippen molar-refractivity contribution in [2.45, 2.75) is 38.6 Å². The van der Waals surface area contributed by atoms with Crippen molar-refractivity contribution < 1.29 is 9.66 Å². The maximum absolute atomic E-state index is 11.0. The quantitative estimate of drug-likeness (QED) is 0.669. The molecule has 1 N–H and O–H groups in total. The predicted octanol–water partition coefficient (Wildman–Crippen LogP) is 2.99. The van der Waals surface area contributed by atoms with Crippen molar-refractivity contribution in [3.05, 3.63) is 22.2 Å². The number of nitrogens with zero attached hydrogens (tertiary/aromatic N) is 2. The summed E-state index contributed by atoms with van der Waals surface area (Å²) < 4.78 is 5.02. The molecule has 0 aliphatic heterocycles. The molecule has 1 aromatic heterocycles. The number of ether oxygens (including phenoxy) is 1. The van der Waals surface area contributed by atoms with E-state index in [0.29, 0.717) is 11.7 Å². The first-order valence-electron chi connectivity index (χ1n) is 6.56. The molecule has 19 heavy (non-hydrogen) atoms. The van der Waals surface area contributed by atoms with Crippen molar-refractivity contribution in [1.29, 1.82) is 0 Å². The van der Waals surface area contributed by atoms with E-state index in [1.165, 1.54) is 19.2 Å². The second kappa shape index (κ2) is 5.86. The number of aromatic nitrogens is 1. The average Bonchev–Trinajstić information content (AvgIpc) is 2.41. The fourth-order valence-electron chi connectivity index (χ4n) is 2.40. The van der Waals surface area contributed by atoms with Crippen LogP contribution in [0.3, 0.4) is 0 Å². The highest BCUT2D eigenvalue weighted by molar-refractivity contribution is 5.57. The van der Waals surface area contributed by atoms with E-state index in [2.05, 4.69) is 17.2 Å². The van der Waals surface area contributed by atoms with Gasteiger partial charge < -0.3 is 10.1 Å². The van der Waals surface area contributed by atoms with Crippen LogP contribution in [0.2, 0.25) is 0 Å². The van der Waals surface area contributed by atoms with Crippen molar-refractivity contribution in [3.63, 3.8) is 0 Å². The van der Waals surface area contributed by atoms with Gasteiger partial charge in [0.1, 0.15) is 0 Å². The van der Waals surface area contributed by atoms with Crippen LogP contribution in [0.25, 0.3) is 0 Å². The van der Waals surface area contributed by atoms with E-state index in [-0.39, 0.29) is 11.7 Å². The number of methoxy groups -OCH3 is 1. The summed E-state index contributed by atoms with van der Waals surface area (Å²) >= 11 is 0. The number of anilines is 1. The van der Waals surface area contributed by atoms with Crippen molar-refractivity contribution in [3.8, 4) is 5.88 Å². The number of hydrogen-bond donors (Lipinski definition) is 1. The Morgan fingerprint density at radius 1 is 1.37 bits per heavy atom. The van der Waals surface area contributed by atoms with Crippen LogP contribution in [0, 0.1) is 16.0 Å². The Morgan fingerprint density at radius 2 is 2.05 bits per heavy atom. The maximum atomic E-state index is 11.0. The summed E-state index contributed by atoms with van der Waals surface area (Å²) in [6, 6.07) is 3.20. The molecule has 6 heteroatoms. The topological polar surface area (TPSA) is 77.3 Å². The standard InChI is InChI=1S/C13H19N3O3/c1-9-3-5-10(6-4-9)14-13-11(16(17)18)7-8-12(15-13)19-2/h7-10H,3-6H2,1-2H3,(H,14,15). The van der Waals surface area contributed by atoms with Crippen molar-refractivity contribution >= 4 is 11.5 Å². The van der Waals surface area contributed by atoms with Crippen LogP contribution in [0.4, 0.5) is 11.5 Å². The molecule has 1 aliphatic carbocycles. The van der Waals surface area contributed by atoms with Gasteiger partial charge >= 0.3 is 5.69 Å². The van der Waals surface area contributed by atoms with E-state index in [9.17, 15) is 10.1 Å². The Balaban J connectivity index is 2.15. The van der Waals surface area contributed by atoms with Crippen LogP contribution in [0.15, 0.2) is 12.1 Å². The molecule has 0 unspecified atom stereocenters. The lowest BCUT2D eigenvalue weighted by Crippen LogP contribution is -2.26. The molecule has 0 bridgehead atoms. The molecule has 0 spiro atoms. The molecule has 1 aromatic rings. The summed E-state index contributed by atoms with van der Waals surface area (Å²) in [5, 5.41) is 14.2. The lowest BCUT2D eigenvalue weighted by Gasteiger charge is -2.27.